The van der Waals surface area contributed by atoms with Gasteiger partial charge in [0.15, 0.2) is 0 Å². The zero-order valence-electron chi connectivity index (χ0n) is 19.3. The summed E-state index contributed by atoms with van der Waals surface area (Å²) in [7, 11) is 0. The Balaban J connectivity index is 1.64. The number of hydrogen-bond donors (Lipinski definition) is 1. The van der Waals surface area contributed by atoms with Gasteiger partial charge in [-0.3, -0.25) is 14.3 Å². The van der Waals surface area contributed by atoms with Gasteiger partial charge in [-0.25, -0.2) is 0 Å². The number of hydrogen-bond acceptors (Lipinski definition) is 4. The molecule has 0 spiro atoms. The molecule has 1 saturated carbocycles. The number of nitrogens with one attached hydrogen (secondary N) is 1. The van der Waals surface area contributed by atoms with Gasteiger partial charge in [-0.15, -0.1) is 0 Å². The average Bonchev–Trinajstić information content (AvgIpc) is 3.37. The van der Waals surface area contributed by atoms with E-state index in [1.54, 1.807) is 12.1 Å². The summed E-state index contributed by atoms with van der Waals surface area (Å²) in [6, 6.07) is 9.53. The van der Waals surface area contributed by atoms with Gasteiger partial charge in [0.2, 0.25) is 5.91 Å². The van der Waals surface area contributed by atoms with Crippen LogP contribution in [-0.2, 0) is 4.79 Å². The highest BCUT2D eigenvalue weighted by Crippen LogP contribution is 2.46. The minimum atomic E-state index is -0.114. The lowest BCUT2D eigenvalue weighted by Crippen LogP contribution is -2.40. The fraction of sp³-hybridized carbons (Fsp3) is 0.520. The Morgan fingerprint density at radius 1 is 1.12 bits per heavy atom. The maximum absolute atomic E-state index is 13.5. The molecular weight excluding hydrogens is 402 g/mol. The van der Waals surface area contributed by atoms with Crippen LogP contribution in [0.2, 0.25) is 0 Å². The van der Waals surface area contributed by atoms with Crippen LogP contribution in [0.25, 0.3) is 11.3 Å². The molecular formula is C25H31N5O2. The first-order valence-corrected chi connectivity index (χ1v) is 11.5. The van der Waals surface area contributed by atoms with Crippen LogP contribution in [0, 0.1) is 17.2 Å². The van der Waals surface area contributed by atoms with Gasteiger partial charge >= 0.3 is 0 Å². The number of benzene rings is 1. The molecule has 7 nitrogen and oxygen atoms in total. The molecule has 7 heteroatoms. The first-order valence-electron chi connectivity index (χ1n) is 11.5. The van der Waals surface area contributed by atoms with Crippen molar-refractivity contribution >= 4 is 11.8 Å². The highest BCUT2D eigenvalue weighted by atomic mass is 16.2. The van der Waals surface area contributed by atoms with E-state index in [1.807, 2.05) is 49.4 Å². The molecule has 2 amide bonds. The molecule has 1 aliphatic carbocycles. The lowest BCUT2D eigenvalue weighted by atomic mass is 10.0. The molecule has 32 heavy (non-hydrogen) atoms. The zero-order chi connectivity index (χ0) is 23.0. The average molecular weight is 434 g/mol. The summed E-state index contributed by atoms with van der Waals surface area (Å²) in [5, 5.41) is 17.2. The van der Waals surface area contributed by atoms with Gasteiger partial charge in [0, 0.05) is 42.2 Å². The summed E-state index contributed by atoms with van der Waals surface area (Å²) in [4.78, 5) is 27.7. The Morgan fingerprint density at radius 2 is 1.81 bits per heavy atom. The van der Waals surface area contributed by atoms with Gasteiger partial charge in [0.05, 0.1) is 17.3 Å². The van der Waals surface area contributed by atoms with Crippen molar-refractivity contribution < 1.29 is 9.59 Å². The van der Waals surface area contributed by atoms with Gasteiger partial charge in [-0.05, 0) is 51.2 Å². The van der Waals surface area contributed by atoms with Gasteiger partial charge in [-0.1, -0.05) is 26.0 Å². The molecule has 1 aliphatic heterocycles. The molecule has 168 valence electrons. The first-order chi connectivity index (χ1) is 15.3. The van der Waals surface area contributed by atoms with E-state index in [4.69, 9.17) is 10.4 Å². The normalized spacial score (nSPS) is 18.3. The molecule has 1 aromatic heterocycles. The number of carbonyl (C=O) groups excluding carboxylic acids is 2. The first kappa shape index (κ1) is 22.1. The topological polar surface area (TPSA) is 91.0 Å². The second-order valence-corrected chi connectivity index (χ2v) is 9.51. The van der Waals surface area contributed by atoms with Crippen molar-refractivity contribution in [1.29, 1.82) is 5.26 Å². The summed E-state index contributed by atoms with van der Waals surface area (Å²) < 4.78 is 1.84. The highest BCUT2D eigenvalue weighted by Gasteiger charge is 2.37. The molecule has 1 atom stereocenters. The van der Waals surface area contributed by atoms with Crippen molar-refractivity contribution in [2.24, 2.45) is 5.92 Å². The molecule has 2 aliphatic rings. The van der Waals surface area contributed by atoms with Crippen molar-refractivity contribution in [2.75, 3.05) is 13.1 Å². The van der Waals surface area contributed by atoms with Crippen LogP contribution in [0.15, 0.2) is 24.3 Å². The molecule has 4 rings (SSSR count). The van der Waals surface area contributed by atoms with Crippen LogP contribution in [0.4, 0.5) is 0 Å². The number of likely N-dealkylation sites (tertiary alicyclic amines) is 1. The molecule has 2 aromatic rings. The third-order valence-electron chi connectivity index (χ3n) is 6.25. The van der Waals surface area contributed by atoms with Crippen LogP contribution in [0.1, 0.15) is 80.5 Å². The molecule has 0 bridgehead atoms. The third kappa shape index (κ3) is 4.27. The van der Waals surface area contributed by atoms with Crippen molar-refractivity contribution in [1.82, 2.24) is 20.0 Å². The van der Waals surface area contributed by atoms with E-state index in [2.05, 4.69) is 11.4 Å². The van der Waals surface area contributed by atoms with Crippen LogP contribution in [0.5, 0.6) is 0 Å². The lowest BCUT2D eigenvalue weighted by molar-refractivity contribution is -0.133. The van der Waals surface area contributed by atoms with Crippen LogP contribution >= 0.6 is 0 Å². The fourth-order valence-corrected chi connectivity index (χ4v) is 4.42. The van der Waals surface area contributed by atoms with Crippen LogP contribution in [-0.4, -0.2) is 45.6 Å². The van der Waals surface area contributed by atoms with E-state index in [9.17, 15) is 9.59 Å². The Bertz CT molecular complexity index is 1060. The van der Waals surface area contributed by atoms with Crippen LogP contribution in [0.3, 0.4) is 0 Å². The SMILES string of the molecule is CC(C)C(=O)N1CC[C@@H](NC(=O)c2c(C3CC3)c(-c3ccc(C#N)cc3)nn2C(C)C)C1. The van der Waals surface area contributed by atoms with E-state index < -0.39 is 0 Å². The second-order valence-electron chi connectivity index (χ2n) is 9.51. The molecule has 1 N–H and O–H groups in total. The molecule has 2 fully saturated rings. The maximum Gasteiger partial charge on any atom is 0.270 e. The lowest BCUT2D eigenvalue weighted by Gasteiger charge is -2.19. The molecule has 1 aromatic carbocycles. The van der Waals surface area contributed by atoms with E-state index in [1.165, 1.54) is 0 Å². The van der Waals surface area contributed by atoms with Crippen molar-refractivity contribution in [3.63, 3.8) is 0 Å². The number of carbonyl (C=O) groups is 2. The fourth-order valence-electron chi connectivity index (χ4n) is 4.42. The van der Waals surface area contributed by atoms with Crippen molar-refractivity contribution in [2.45, 2.75) is 65.0 Å². The summed E-state index contributed by atoms with van der Waals surface area (Å²) in [6.45, 7) is 9.10. The third-order valence-corrected chi connectivity index (χ3v) is 6.25. The summed E-state index contributed by atoms with van der Waals surface area (Å²) in [5.74, 6) is 0.312. The molecule has 0 radical (unpaired) electrons. The monoisotopic (exact) mass is 433 g/mol. The van der Waals surface area contributed by atoms with E-state index in [0.29, 0.717) is 30.3 Å². The molecule has 0 unspecified atom stereocenters. The van der Waals surface area contributed by atoms with E-state index in [0.717, 1.165) is 36.1 Å². The van der Waals surface area contributed by atoms with Gasteiger partial charge < -0.3 is 10.2 Å². The predicted octanol–water partition coefficient (Wildman–Crippen LogP) is 3.87. The van der Waals surface area contributed by atoms with Crippen molar-refractivity contribution in [3.8, 4) is 17.3 Å². The Labute approximate surface area is 189 Å². The number of aromatic nitrogens is 2. The number of nitrogens with zero attached hydrogens (tertiary/aromatic N) is 4. The van der Waals surface area contributed by atoms with Gasteiger partial charge in [-0.2, -0.15) is 10.4 Å². The summed E-state index contributed by atoms with van der Waals surface area (Å²) >= 11 is 0. The number of nitriles is 1. The maximum atomic E-state index is 13.5. The Hall–Kier alpha value is -3.14. The Morgan fingerprint density at radius 3 is 2.38 bits per heavy atom. The van der Waals surface area contributed by atoms with E-state index >= 15 is 0 Å². The van der Waals surface area contributed by atoms with Crippen molar-refractivity contribution in [3.05, 3.63) is 41.1 Å². The van der Waals surface area contributed by atoms with Gasteiger partial charge in [0.1, 0.15) is 5.69 Å². The molecule has 1 saturated heterocycles. The zero-order valence-corrected chi connectivity index (χ0v) is 19.3. The molecule has 2 heterocycles. The minimum absolute atomic E-state index is 0.0305. The summed E-state index contributed by atoms with van der Waals surface area (Å²) in [5.41, 5.74) is 4.00. The quantitative estimate of drug-likeness (QED) is 0.749. The highest BCUT2D eigenvalue weighted by molar-refractivity contribution is 5.96. The predicted molar refractivity (Wildman–Crippen MR) is 122 cm³/mol. The second kappa shape index (κ2) is 8.78. The van der Waals surface area contributed by atoms with E-state index in [-0.39, 0.29) is 29.8 Å². The van der Waals surface area contributed by atoms with Crippen LogP contribution < -0.4 is 5.32 Å². The van der Waals surface area contributed by atoms with Gasteiger partial charge in [0.25, 0.3) is 5.91 Å². The standard InChI is InChI=1S/C25H31N5O2/c1-15(2)25(32)29-12-11-20(14-29)27-24(31)23-21(18-9-10-18)22(28-30(23)16(3)4)19-7-5-17(13-26)6-8-19/h5-8,15-16,18,20H,9-12,14H2,1-4H3,(H,27,31)/t20-/m1/s1. The summed E-state index contributed by atoms with van der Waals surface area (Å²) in [6.07, 6.45) is 2.86. The number of amides is 2. The Kier molecular flexibility index (Phi) is 6.05. The smallest absolute Gasteiger partial charge is 0.270 e. The largest absolute Gasteiger partial charge is 0.346 e. The number of rotatable bonds is 6. The minimum Gasteiger partial charge on any atom is -0.346 e.